The van der Waals surface area contributed by atoms with Gasteiger partial charge >= 0.3 is 0 Å². The lowest BCUT2D eigenvalue weighted by Gasteiger charge is -2.10. The lowest BCUT2D eigenvalue weighted by atomic mass is 10.1. The van der Waals surface area contributed by atoms with E-state index in [0.717, 1.165) is 0 Å². The van der Waals surface area contributed by atoms with Crippen molar-refractivity contribution in [3.05, 3.63) is 38.9 Å². The lowest BCUT2D eigenvalue weighted by Crippen LogP contribution is -2.33. The largest absolute Gasteiger partial charge is 0.338 e. The maximum absolute atomic E-state index is 11.9. The third kappa shape index (κ3) is 3.22. The van der Waals surface area contributed by atoms with Crippen molar-refractivity contribution in [3.8, 4) is 12.3 Å². The fourth-order valence-electron chi connectivity index (χ4n) is 1.35. The number of nitrogens with one attached hydrogen (secondary N) is 1. The molecule has 0 radical (unpaired) electrons. The number of nitro benzene ring substituents is 1. The number of rotatable bonds is 4. The highest BCUT2D eigenvalue weighted by Gasteiger charge is 2.21. The van der Waals surface area contributed by atoms with Crippen LogP contribution >= 0.6 is 11.6 Å². The monoisotopic (exact) mass is 266 g/mol. The summed E-state index contributed by atoms with van der Waals surface area (Å²) in [5.41, 5.74) is -0.398. The second-order valence-corrected chi connectivity index (χ2v) is 3.96. The second-order valence-electron chi connectivity index (χ2n) is 3.52. The second kappa shape index (κ2) is 6.03. The van der Waals surface area contributed by atoms with Crippen LogP contribution in [0.1, 0.15) is 23.7 Å². The standard InChI is InChI=1S/C12H11ClN2O3/c1-3-9(4-2)14-12(16)10-7-8(13)5-6-11(10)15(17)18/h1,5-7,9H,4H2,2H3,(H,14,16). The van der Waals surface area contributed by atoms with Crippen LogP contribution in [0.3, 0.4) is 0 Å². The van der Waals surface area contributed by atoms with E-state index in [1.807, 2.05) is 0 Å². The summed E-state index contributed by atoms with van der Waals surface area (Å²) >= 11 is 5.73. The predicted molar refractivity (Wildman–Crippen MR) is 68.5 cm³/mol. The molecule has 1 aromatic rings. The van der Waals surface area contributed by atoms with Crippen LogP contribution in [0.4, 0.5) is 5.69 Å². The molecule has 94 valence electrons. The molecule has 1 aromatic carbocycles. The van der Waals surface area contributed by atoms with Gasteiger partial charge in [-0.3, -0.25) is 14.9 Å². The summed E-state index contributed by atoms with van der Waals surface area (Å²) in [6.45, 7) is 1.80. The molecular weight excluding hydrogens is 256 g/mol. The van der Waals surface area contributed by atoms with Crippen LogP contribution < -0.4 is 5.32 Å². The Hall–Kier alpha value is -2.06. The quantitative estimate of drug-likeness (QED) is 0.517. The van der Waals surface area contributed by atoms with Gasteiger partial charge in [-0.05, 0) is 18.6 Å². The van der Waals surface area contributed by atoms with Crippen LogP contribution in [0, 0.1) is 22.5 Å². The van der Waals surface area contributed by atoms with E-state index in [-0.39, 0.29) is 16.3 Å². The first-order valence-corrected chi connectivity index (χ1v) is 5.58. The van der Waals surface area contributed by atoms with Crippen LogP contribution in [0.15, 0.2) is 18.2 Å². The van der Waals surface area contributed by atoms with Crippen molar-refractivity contribution in [1.82, 2.24) is 5.32 Å². The molecule has 1 N–H and O–H groups in total. The molecule has 0 aliphatic carbocycles. The van der Waals surface area contributed by atoms with Gasteiger partial charge in [-0.1, -0.05) is 24.4 Å². The van der Waals surface area contributed by atoms with E-state index in [0.29, 0.717) is 6.42 Å². The fourth-order valence-corrected chi connectivity index (χ4v) is 1.52. The number of carbonyl (C=O) groups excluding carboxylic acids is 1. The molecule has 0 saturated heterocycles. The van der Waals surface area contributed by atoms with E-state index >= 15 is 0 Å². The minimum atomic E-state index is -0.637. The molecule has 0 saturated carbocycles. The average molecular weight is 267 g/mol. The molecule has 0 aliphatic rings. The highest BCUT2D eigenvalue weighted by Crippen LogP contribution is 2.22. The van der Waals surface area contributed by atoms with Crippen LogP contribution in [0.5, 0.6) is 0 Å². The lowest BCUT2D eigenvalue weighted by molar-refractivity contribution is -0.385. The number of halogens is 1. The molecule has 0 heterocycles. The first-order chi connectivity index (χ1) is 8.49. The normalized spacial score (nSPS) is 11.4. The Morgan fingerprint density at radius 1 is 1.67 bits per heavy atom. The number of carbonyl (C=O) groups is 1. The van der Waals surface area contributed by atoms with Gasteiger partial charge in [0.05, 0.1) is 11.0 Å². The van der Waals surface area contributed by atoms with Gasteiger partial charge in [0, 0.05) is 11.1 Å². The Labute approximate surface area is 109 Å². The summed E-state index contributed by atoms with van der Waals surface area (Å²) in [6.07, 6.45) is 5.75. The van der Waals surface area contributed by atoms with Crippen LogP contribution in [-0.2, 0) is 0 Å². The molecule has 0 spiro atoms. The van der Waals surface area contributed by atoms with Gasteiger partial charge in [-0.15, -0.1) is 6.42 Å². The van der Waals surface area contributed by atoms with Gasteiger partial charge in [-0.25, -0.2) is 0 Å². The number of hydrogen-bond donors (Lipinski definition) is 1. The molecule has 0 aliphatic heterocycles. The van der Waals surface area contributed by atoms with Crippen molar-refractivity contribution >= 4 is 23.2 Å². The number of hydrogen-bond acceptors (Lipinski definition) is 3. The molecule has 0 bridgehead atoms. The van der Waals surface area contributed by atoms with E-state index in [1.54, 1.807) is 6.92 Å². The van der Waals surface area contributed by atoms with E-state index in [4.69, 9.17) is 18.0 Å². The number of amides is 1. The highest BCUT2D eigenvalue weighted by atomic mass is 35.5. The van der Waals surface area contributed by atoms with Crippen molar-refractivity contribution in [2.45, 2.75) is 19.4 Å². The summed E-state index contributed by atoms with van der Waals surface area (Å²) in [6, 6.07) is 3.33. The van der Waals surface area contributed by atoms with Gasteiger partial charge in [0.2, 0.25) is 0 Å². The zero-order chi connectivity index (χ0) is 13.7. The minimum absolute atomic E-state index is 0.0961. The molecule has 1 rings (SSSR count). The van der Waals surface area contributed by atoms with Crippen molar-refractivity contribution in [2.24, 2.45) is 0 Å². The van der Waals surface area contributed by atoms with E-state index in [1.165, 1.54) is 18.2 Å². The third-order valence-corrected chi connectivity index (χ3v) is 2.55. The van der Waals surface area contributed by atoms with Crippen molar-refractivity contribution in [1.29, 1.82) is 0 Å². The third-order valence-electron chi connectivity index (χ3n) is 2.31. The Balaban J connectivity index is 3.08. The van der Waals surface area contributed by atoms with Crippen LogP contribution in [0.2, 0.25) is 5.02 Å². The molecule has 1 amide bonds. The van der Waals surface area contributed by atoms with E-state index < -0.39 is 16.9 Å². The molecule has 6 heteroatoms. The zero-order valence-corrected chi connectivity index (χ0v) is 10.4. The molecule has 1 unspecified atom stereocenters. The topological polar surface area (TPSA) is 72.2 Å². The van der Waals surface area contributed by atoms with Gasteiger partial charge in [0.1, 0.15) is 5.56 Å². The van der Waals surface area contributed by atoms with Gasteiger partial charge < -0.3 is 5.32 Å². The SMILES string of the molecule is C#CC(CC)NC(=O)c1cc(Cl)ccc1[N+](=O)[O-]. The summed E-state index contributed by atoms with van der Waals surface area (Å²) in [4.78, 5) is 22.0. The molecule has 5 nitrogen and oxygen atoms in total. The Morgan fingerprint density at radius 2 is 2.33 bits per heavy atom. The first-order valence-electron chi connectivity index (χ1n) is 5.20. The zero-order valence-electron chi connectivity index (χ0n) is 9.64. The fraction of sp³-hybridized carbons (Fsp3) is 0.250. The smallest absolute Gasteiger partial charge is 0.282 e. The molecule has 0 aromatic heterocycles. The molecule has 18 heavy (non-hydrogen) atoms. The maximum atomic E-state index is 11.9. The number of nitrogens with zero attached hydrogens (tertiary/aromatic N) is 1. The number of terminal acetylenes is 1. The Bertz CT molecular complexity index is 523. The van der Waals surface area contributed by atoms with Crippen LogP contribution in [0.25, 0.3) is 0 Å². The van der Waals surface area contributed by atoms with E-state index in [9.17, 15) is 14.9 Å². The summed E-state index contributed by atoms with van der Waals surface area (Å²) in [5, 5.41) is 13.6. The molecular formula is C12H11ClN2O3. The van der Waals surface area contributed by atoms with E-state index in [2.05, 4.69) is 11.2 Å². The average Bonchev–Trinajstić information content (AvgIpc) is 2.35. The number of nitro groups is 1. The maximum Gasteiger partial charge on any atom is 0.282 e. The van der Waals surface area contributed by atoms with Crippen molar-refractivity contribution in [2.75, 3.05) is 0 Å². The van der Waals surface area contributed by atoms with Gasteiger partial charge in [0.15, 0.2) is 0 Å². The summed E-state index contributed by atoms with van der Waals surface area (Å²) in [7, 11) is 0. The Morgan fingerprint density at radius 3 is 2.83 bits per heavy atom. The van der Waals surface area contributed by atoms with Gasteiger partial charge in [0.25, 0.3) is 11.6 Å². The molecule has 1 atom stereocenters. The first kappa shape index (κ1) is 14.0. The molecule has 0 fully saturated rings. The predicted octanol–water partition coefficient (Wildman–Crippen LogP) is 2.39. The Kier molecular flexibility index (Phi) is 4.69. The van der Waals surface area contributed by atoms with Crippen molar-refractivity contribution in [3.63, 3.8) is 0 Å². The number of benzene rings is 1. The van der Waals surface area contributed by atoms with Crippen molar-refractivity contribution < 1.29 is 9.72 Å². The van der Waals surface area contributed by atoms with Crippen LogP contribution in [-0.4, -0.2) is 16.9 Å². The van der Waals surface area contributed by atoms with Gasteiger partial charge in [-0.2, -0.15) is 0 Å². The summed E-state index contributed by atoms with van der Waals surface area (Å²) < 4.78 is 0. The summed E-state index contributed by atoms with van der Waals surface area (Å²) in [5.74, 6) is 1.78. The highest BCUT2D eigenvalue weighted by molar-refractivity contribution is 6.31. The minimum Gasteiger partial charge on any atom is -0.338 e.